The largest absolute Gasteiger partial charge is 0.464 e. The van der Waals surface area contributed by atoms with Crippen LogP contribution in [0.25, 0.3) is 0 Å². The lowest BCUT2D eigenvalue weighted by molar-refractivity contribution is -0.144. The van der Waals surface area contributed by atoms with Crippen molar-refractivity contribution in [2.45, 2.75) is 24.8 Å². The minimum Gasteiger partial charge on any atom is -0.464 e. The van der Waals surface area contributed by atoms with Gasteiger partial charge < -0.3 is 10.1 Å². The average molecular weight is 320 g/mol. The van der Waals surface area contributed by atoms with Crippen molar-refractivity contribution >= 4 is 31.6 Å². The third kappa shape index (κ3) is 4.50. The molecule has 0 fully saturated rings. The second-order valence-electron chi connectivity index (χ2n) is 3.91. The van der Waals surface area contributed by atoms with E-state index in [0.717, 1.165) is 0 Å². The lowest BCUT2D eigenvalue weighted by Gasteiger charge is -2.12. The molecule has 0 aromatic heterocycles. The standard InChI is InChI=1S/C12H14ClNO5S/c1-3-19-12(16)8(2)14-11(15)9-4-6-10(7-5-9)20(13,17)18/h4-8H,3H2,1-2H3,(H,14,15). The van der Waals surface area contributed by atoms with Crippen LogP contribution in [0.3, 0.4) is 0 Å². The molecule has 0 heterocycles. The number of amides is 1. The Morgan fingerprint density at radius 3 is 2.30 bits per heavy atom. The average Bonchev–Trinajstić information content (AvgIpc) is 2.38. The number of benzene rings is 1. The van der Waals surface area contributed by atoms with Gasteiger partial charge in [0.15, 0.2) is 0 Å². The highest BCUT2D eigenvalue weighted by atomic mass is 35.7. The Kier molecular flexibility index (Phi) is 5.52. The third-order valence-corrected chi connectivity index (χ3v) is 3.76. The van der Waals surface area contributed by atoms with Crippen LogP contribution in [0.2, 0.25) is 0 Å². The predicted molar refractivity (Wildman–Crippen MR) is 73.0 cm³/mol. The molecular weight excluding hydrogens is 306 g/mol. The van der Waals surface area contributed by atoms with Gasteiger partial charge in [-0.3, -0.25) is 4.79 Å². The first-order valence-electron chi connectivity index (χ1n) is 5.78. The van der Waals surface area contributed by atoms with Crippen LogP contribution in [0.15, 0.2) is 29.2 Å². The smallest absolute Gasteiger partial charge is 0.328 e. The maximum atomic E-state index is 11.8. The van der Waals surface area contributed by atoms with Crippen molar-refractivity contribution in [2.75, 3.05) is 6.61 Å². The molecule has 110 valence electrons. The van der Waals surface area contributed by atoms with Crippen LogP contribution in [0.4, 0.5) is 0 Å². The van der Waals surface area contributed by atoms with Gasteiger partial charge in [0.25, 0.3) is 15.0 Å². The first-order valence-corrected chi connectivity index (χ1v) is 8.09. The van der Waals surface area contributed by atoms with E-state index in [1.807, 2.05) is 0 Å². The van der Waals surface area contributed by atoms with Crippen LogP contribution < -0.4 is 5.32 Å². The van der Waals surface area contributed by atoms with E-state index in [9.17, 15) is 18.0 Å². The second-order valence-corrected chi connectivity index (χ2v) is 6.48. The molecule has 0 aliphatic heterocycles. The summed E-state index contributed by atoms with van der Waals surface area (Å²) in [7, 11) is 1.34. The minimum absolute atomic E-state index is 0.103. The van der Waals surface area contributed by atoms with Crippen molar-refractivity contribution in [1.29, 1.82) is 0 Å². The van der Waals surface area contributed by atoms with E-state index in [4.69, 9.17) is 15.4 Å². The van der Waals surface area contributed by atoms with Gasteiger partial charge in [-0.25, -0.2) is 13.2 Å². The number of esters is 1. The molecule has 0 saturated carbocycles. The minimum atomic E-state index is -3.82. The summed E-state index contributed by atoms with van der Waals surface area (Å²) in [6, 6.07) is 4.25. The normalized spacial score (nSPS) is 12.6. The summed E-state index contributed by atoms with van der Waals surface area (Å²) in [4.78, 5) is 23.1. The monoisotopic (exact) mass is 319 g/mol. The summed E-state index contributed by atoms with van der Waals surface area (Å²) in [5, 5.41) is 2.44. The van der Waals surface area contributed by atoms with Gasteiger partial charge in [0.05, 0.1) is 11.5 Å². The zero-order valence-electron chi connectivity index (χ0n) is 10.9. The number of ether oxygens (including phenoxy) is 1. The third-order valence-electron chi connectivity index (χ3n) is 2.39. The first kappa shape index (κ1) is 16.5. The molecule has 0 radical (unpaired) electrons. The van der Waals surface area contributed by atoms with Crippen molar-refractivity contribution in [1.82, 2.24) is 5.32 Å². The number of carbonyl (C=O) groups excluding carboxylic acids is 2. The fraction of sp³-hybridized carbons (Fsp3) is 0.333. The van der Waals surface area contributed by atoms with Gasteiger partial charge in [-0.2, -0.15) is 0 Å². The zero-order valence-corrected chi connectivity index (χ0v) is 12.5. The van der Waals surface area contributed by atoms with E-state index in [0.29, 0.717) is 0 Å². The lowest BCUT2D eigenvalue weighted by Crippen LogP contribution is -2.39. The molecule has 1 aromatic rings. The summed E-state index contributed by atoms with van der Waals surface area (Å²) in [6.45, 7) is 3.38. The number of nitrogens with one attached hydrogen (secondary N) is 1. The Bertz CT molecular complexity index is 597. The number of carbonyl (C=O) groups is 2. The Labute approximate surface area is 121 Å². The number of hydrogen-bond acceptors (Lipinski definition) is 5. The summed E-state index contributed by atoms with van der Waals surface area (Å²) in [5.74, 6) is -1.05. The highest BCUT2D eigenvalue weighted by Crippen LogP contribution is 2.15. The quantitative estimate of drug-likeness (QED) is 0.652. The highest BCUT2D eigenvalue weighted by Gasteiger charge is 2.18. The van der Waals surface area contributed by atoms with Gasteiger partial charge >= 0.3 is 5.97 Å². The van der Waals surface area contributed by atoms with E-state index >= 15 is 0 Å². The summed E-state index contributed by atoms with van der Waals surface area (Å²) in [5.41, 5.74) is 0.213. The molecule has 0 aliphatic carbocycles. The van der Waals surface area contributed by atoms with Gasteiger partial charge in [-0.15, -0.1) is 0 Å². The van der Waals surface area contributed by atoms with Crippen LogP contribution >= 0.6 is 10.7 Å². The second kappa shape index (κ2) is 6.71. The molecule has 1 N–H and O–H groups in total. The fourth-order valence-corrected chi connectivity index (χ4v) is 2.14. The van der Waals surface area contributed by atoms with Crippen LogP contribution in [0.5, 0.6) is 0 Å². The number of rotatable bonds is 5. The molecule has 0 spiro atoms. The van der Waals surface area contributed by atoms with Crippen LogP contribution in [0, 0.1) is 0 Å². The Morgan fingerprint density at radius 1 is 1.30 bits per heavy atom. The fourth-order valence-electron chi connectivity index (χ4n) is 1.38. The van der Waals surface area contributed by atoms with Crippen molar-refractivity contribution in [3.8, 4) is 0 Å². The van der Waals surface area contributed by atoms with E-state index in [1.165, 1.54) is 31.2 Å². The lowest BCUT2D eigenvalue weighted by atomic mass is 10.2. The molecule has 0 bridgehead atoms. The van der Waals surface area contributed by atoms with Crippen molar-refractivity contribution in [2.24, 2.45) is 0 Å². The Morgan fingerprint density at radius 2 is 1.85 bits per heavy atom. The highest BCUT2D eigenvalue weighted by molar-refractivity contribution is 8.13. The molecule has 6 nitrogen and oxygen atoms in total. The van der Waals surface area contributed by atoms with Gasteiger partial charge in [-0.1, -0.05) is 0 Å². The summed E-state index contributed by atoms with van der Waals surface area (Å²) in [6.07, 6.45) is 0. The van der Waals surface area contributed by atoms with Crippen molar-refractivity contribution in [3.05, 3.63) is 29.8 Å². The summed E-state index contributed by atoms with van der Waals surface area (Å²) < 4.78 is 26.9. The van der Waals surface area contributed by atoms with E-state index in [-0.39, 0.29) is 17.1 Å². The molecular formula is C12H14ClNO5S. The van der Waals surface area contributed by atoms with E-state index in [1.54, 1.807) is 6.92 Å². The van der Waals surface area contributed by atoms with Gasteiger partial charge in [0.2, 0.25) is 0 Å². The number of hydrogen-bond donors (Lipinski definition) is 1. The van der Waals surface area contributed by atoms with Gasteiger partial charge in [0, 0.05) is 16.2 Å². The topological polar surface area (TPSA) is 89.5 Å². The molecule has 1 amide bonds. The predicted octanol–water partition coefficient (Wildman–Crippen LogP) is 1.30. The summed E-state index contributed by atoms with van der Waals surface area (Å²) >= 11 is 0. The van der Waals surface area contributed by atoms with E-state index in [2.05, 4.69) is 5.32 Å². The van der Waals surface area contributed by atoms with Crippen LogP contribution in [-0.4, -0.2) is 32.9 Å². The van der Waals surface area contributed by atoms with Crippen LogP contribution in [0.1, 0.15) is 24.2 Å². The van der Waals surface area contributed by atoms with Crippen LogP contribution in [-0.2, 0) is 18.6 Å². The van der Waals surface area contributed by atoms with Crippen molar-refractivity contribution in [3.63, 3.8) is 0 Å². The Balaban J connectivity index is 2.76. The maximum absolute atomic E-state index is 11.8. The molecule has 1 rings (SSSR count). The molecule has 20 heavy (non-hydrogen) atoms. The molecule has 1 unspecified atom stereocenters. The Hall–Kier alpha value is -1.60. The molecule has 1 atom stereocenters. The van der Waals surface area contributed by atoms with Gasteiger partial charge in [0.1, 0.15) is 6.04 Å². The van der Waals surface area contributed by atoms with Crippen molar-refractivity contribution < 1.29 is 22.7 Å². The molecule has 0 saturated heterocycles. The SMILES string of the molecule is CCOC(=O)C(C)NC(=O)c1ccc(S(=O)(=O)Cl)cc1. The molecule has 8 heteroatoms. The molecule has 0 aliphatic rings. The zero-order chi connectivity index (χ0) is 15.3. The van der Waals surface area contributed by atoms with E-state index < -0.39 is 27.0 Å². The molecule has 1 aromatic carbocycles. The maximum Gasteiger partial charge on any atom is 0.328 e. The number of halogens is 1. The van der Waals surface area contributed by atoms with Gasteiger partial charge in [-0.05, 0) is 38.1 Å². The first-order chi connectivity index (χ1) is 9.25.